The van der Waals surface area contributed by atoms with E-state index in [1.54, 1.807) is 6.07 Å². The lowest BCUT2D eigenvalue weighted by Gasteiger charge is -2.05. The number of hydrogen-bond acceptors (Lipinski definition) is 2. The van der Waals surface area contributed by atoms with E-state index >= 15 is 0 Å². The van der Waals surface area contributed by atoms with Crippen molar-refractivity contribution in [3.8, 4) is 5.75 Å². The van der Waals surface area contributed by atoms with Crippen LogP contribution in [-0.4, -0.2) is 10.1 Å². The maximum absolute atomic E-state index is 9.74. The van der Waals surface area contributed by atoms with E-state index in [-0.39, 0.29) is 5.75 Å². The Morgan fingerprint density at radius 2 is 2.14 bits per heavy atom. The Kier molecular flexibility index (Phi) is 2.37. The Bertz CT molecular complexity index is 513. The summed E-state index contributed by atoms with van der Waals surface area (Å²) >= 11 is 9.22. The summed E-state index contributed by atoms with van der Waals surface area (Å²) in [6.45, 7) is 1.87. The van der Waals surface area contributed by atoms with Crippen LogP contribution in [-0.2, 0) is 0 Å². The quantitative estimate of drug-likeness (QED) is 0.794. The lowest BCUT2D eigenvalue weighted by atomic mass is 10.2. The molecule has 0 spiro atoms. The molecule has 0 amide bonds. The van der Waals surface area contributed by atoms with Crippen LogP contribution in [0.2, 0.25) is 5.02 Å². The number of aromatic hydroxyl groups is 1. The zero-order chi connectivity index (χ0) is 10.3. The van der Waals surface area contributed by atoms with Crippen LogP contribution in [0, 0.1) is 6.92 Å². The predicted molar refractivity (Wildman–Crippen MR) is 60.9 cm³/mol. The molecule has 0 atom stereocenters. The van der Waals surface area contributed by atoms with Crippen molar-refractivity contribution < 1.29 is 5.11 Å². The van der Waals surface area contributed by atoms with Crippen molar-refractivity contribution in [2.75, 3.05) is 0 Å². The van der Waals surface area contributed by atoms with Gasteiger partial charge in [-0.05, 0) is 41.1 Å². The van der Waals surface area contributed by atoms with Crippen LogP contribution in [0.3, 0.4) is 0 Å². The van der Waals surface area contributed by atoms with Crippen LogP contribution >= 0.6 is 27.5 Å². The molecular formula is C10H7BrClNO. The molecular weight excluding hydrogens is 265 g/mol. The largest absolute Gasteiger partial charge is 0.505 e. The molecule has 1 aromatic heterocycles. The predicted octanol–water partition coefficient (Wildman–Crippen LogP) is 3.66. The van der Waals surface area contributed by atoms with Gasteiger partial charge in [-0.1, -0.05) is 11.6 Å². The van der Waals surface area contributed by atoms with Gasteiger partial charge in [-0.2, -0.15) is 0 Å². The summed E-state index contributed by atoms with van der Waals surface area (Å²) in [6.07, 6.45) is 0. The monoisotopic (exact) mass is 271 g/mol. The van der Waals surface area contributed by atoms with E-state index in [2.05, 4.69) is 20.9 Å². The molecule has 2 aromatic rings. The molecule has 0 saturated carbocycles. The number of phenols is 1. The smallest absolute Gasteiger partial charge is 0.156 e. The third-order valence-corrected chi connectivity index (χ3v) is 2.91. The maximum atomic E-state index is 9.74. The molecule has 4 heteroatoms. The fourth-order valence-corrected chi connectivity index (χ4v) is 2.11. The highest BCUT2D eigenvalue weighted by molar-refractivity contribution is 9.10. The van der Waals surface area contributed by atoms with Gasteiger partial charge in [0.1, 0.15) is 5.52 Å². The normalized spacial score (nSPS) is 10.8. The number of pyridine rings is 1. The molecule has 0 aliphatic rings. The third-order valence-electron chi connectivity index (χ3n) is 2.00. The number of aromatic nitrogens is 1. The summed E-state index contributed by atoms with van der Waals surface area (Å²) in [4.78, 5) is 4.23. The Labute approximate surface area is 94.7 Å². The zero-order valence-electron chi connectivity index (χ0n) is 7.38. The van der Waals surface area contributed by atoms with E-state index in [0.29, 0.717) is 15.0 Å². The molecule has 14 heavy (non-hydrogen) atoms. The second-order valence-electron chi connectivity index (χ2n) is 3.04. The highest BCUT2D eigenvalue weighted by Crippen LogP contribution is 2.36. The summed E-state index contributed by atoms with van der Waals surface area (Å²) in [5.74, 6) is 0.133. The molecule has 0 bridgehead atoms. The van der Waals surface area contributed by atoms with E-state index in [0.717, 1.165) is 11.1 Å². The van der Waals surface area contributed by atoms with Crippen molar-refractivity contribution in [1.82, 2.24) is 4.98 Å². The van der Waals surface area contributed by atoms with Gasteiger partial charge in [0.15, 0.2) is 5.75 Å². The number of hydrogen-bond donors (Lipinski definition) is 1. The number of aryl methyl sites for hydroxylation is 1. The number of benzene rings is 1. The van der Waals surface area contributed by atoms with Gasteiger partial charge in [0.05, 0.1) is 9.50 Å². The summed E-state index contributed by atoms with van der Waals surface area (Å²) in [7, 11) is 0. The van der Waals surface area contributed by atoms with Crippen molar-refractivity contribution in [2.24, 2.45) is 0 Å². The molecule has 1 N–H and O–H groups in total. The third kappa shape index (κ3) is 1.47. The van der Waals surface area contributed by atoms with Crippen LogP contribution in [0.15, 0.2) is 22.7 Å². The zero-order valence-corrected chi connectivity index (χ0v) is 9.72. The van der Waals surface area contributed by atoms with Crippen LogP contribution in [0.5, 0.6) is 5.75 Å². The Hall–Kier alpha value is -0.800. The summed E-state index contributed by atoms with van der Waals surface area (Å²) < 4.78 is 0.563. The van der Waals surface area contributed by atoms with Gasteiger partial charge in [0.2, 0.25) is 0 Å². The topological polar surface area (TPSA) is 33.1 Å². The maximum Gasteiger partial charge on any atom is 0.156 e. The Morgan fingerprint density at radius 3 is 2.86 bits per heavy atom. The average Bonchev–Trinajstić information content (AvgIpc) is 2.14. The summed E-state index contributed by atoms with van der Waals surface area (Å²) in [5, 5.41) is 11.1. The van der Waals surface area contributed by atoms with Crippen molar-refractivity contribution in [3.05, 3.63) is 33.4 Å². The van der Waals surface area contributed by atoms with Gasteiger partial charge in [0, 0.05) is 11.1 Å². The molecule has 2 nitrogen and oxygen atoms in total. The van der Waals surface area contributed by atoms with Gasteiger partial charge in [-0.25, -0.2) is 4.98 Å². The fourth-order valence-electron chi connectivity index (χ4n) is 1.30. The number of halogens is 2. The number of nitrogens with zero attached hydrogens (tertiary/aromatic N) is 1. The molecule has 1 heterocycles. The molecule has 0 aliphatic heterocycles. The first-order valence-corrected chi connectivity index (χ1v) is 5.21. The molecule has 0 saturated heterocycles. The van der Waals surface area contributed by atoms with E-state index < -0.39 is 0 Å². The molecule has 0 aliphatic carbocycles. The first-order chi connectivity index (χ1) is 6.59. The fraction of sp³-hybridized carbons (Fsp3) is 0.100. The van der Waals surface area contributed by atoms with Gasteiger partial charge < -0.3 is 5.11 Å². The van der Waals surface area contributed by atoms with Crippen molar-refractivity contribution >= 4 is 38.4 Å². The SMILES string of the molecule is Cc1ccc2c(Cl)cc(Br)c(O)c2n1. The van der Waals surface area contributed by atoms with Crippen LogP contribution in [0.25, 0.3) is 10.9 Å². The van der Waals surface area contributed by atoms with Crippen LogP contribution < -0.4 is 0 Å². The highest BCUT2D eigenvalue weighted by atomic mass is 79.9. The lowest BCUT2D eigenvalue weighted by Crippen LogP contribution is -1.85. The Morgan fingerprint density at radius 1 is 1.43 bits per heavy atom. The minimum Gasteiger partial charge on any atom is -0.505 e. The minimum absolute atomic E-state index is 0.133. The molecule has 72 valence electrons. The van der Waals surface area contributed by atoms with Crippen molar-refractivity contribution in [2.45, 2.75) is 6.92 Å². The molecule has 0 fully saturated rings. The first kappa shape index (κ1) is 9.74. The van der Waals surface area contributed by atoms with Crippen LogP contribution in [0.1, 0.15) is 5.69 Å². The summed E-state index contributed by atoms with van der Waals surface area (Å²) in [5.41, 5.74) is 1.38. The van der Waals surface area contributed by atoms with Crippen LogP contribution in [0.4, 0.5) is 0 Å². The number of rotatable bonds is 0. The minimum atomic E-state index is 0.133. The Balaban J connectivity index is 2.95. The van der Waals surface area contributed by atoms with E-state index in [4.69, 9.17) is 11.6 Å². The molecule has 2 rings (SSSR count). The number of fused-ring (bicyclic) bond motifs is 1. The lowest BCUT2D eigenvalue weighted by molar-refractivity contribution is 0.477. The standard InChI is InChI=1S/C10H7BrClNO/c1-5-2-3-6-8(12)4-7(11)10(14)9(6)13-5/h2-4,14H,1H3. The summed E-state index contributed by atoms with van der Waals surface area (Å²) in [6, 6.07) is 5.38. The second kappa shape index (κ2) is 3.41. The van der Waals surface area contributed by atoms with E-state index in [9.17, 15) is 5.11 Å². The average molecular weight is 273 g/mol. The van der Waals surface area contributed by atoms with Crippen molar-refractivity contribution in [1.29, 1.82) is 0 Å². The highest BCUT2D eigenvalue weighted by Gasteiger charge is 2.09. The van der Waals surface area contributed by atoms with E-state index in [1.807, 2.05) is 19.1 Å². The van der Waals surface area contributed by atoms with Gasteiger partial charge >= 0.3 is 0 Å². The molecule has 1 aromatic carbocycles. The second-order valence-corrected chi connectivity index (χ2v) is 4.30. The molecule has 0 radical (unpaired) electrons. The van der Waals surface area contributed by atoms with Gasteiger partial charge in [0.25, 0.3) is 0 Å². The van der Waals surface area contributed by atoms with Crippen molar-refractivity contribution in [3.63, 3.8) is 0 Å². The number of phenolic OH excluding ortho intramolecular Hbond substituents is 1. The van der Waals surface area contributed by atoms with Gasteiger partial charge in [-0.15, -0.1) is 0 Å². The first-order valence-electron chi connectivity index (χ1n) is 4.04. The van der Waals surface area contributed by atoms with E-state index in [1.165, 1.54) is 0 Å². The molecule has 0 unspecified atom stereocenters. The van der Waals surface area contributed by atoms with Gasteiger partial charge in [-0.3, -0.25) is 0 Å².